The summed E-state index contributed by atoms with van der Waals surface area (Å²) >= 11 is 0. The largest absolute Gasteiger partial charge is 0.457 e. The first kappa shape index (κ1) is 30.8. The van der Waals surface area contributed by atoms with E-state index in [-0.39, 0.29) is 11.8 Å². The van der Waals surface area contributed by atoms with E-state index in [0.29, 0.717) is 29.2 Å². The number of para-hydroxylation sites is 2. The van der Waals surface area contributed by atoms with Crippen LogP contribution < -0.4 is 15.6 Å². The SMILES string of the molecule is Cc1[nH]c2ccccc2c1C1c2ccccc2C(=O)N1C(CC(C)C)C(=O)NNC(=O)c1cc2cc(Oc3ccccc3)ccc2n1C. The van der Waals surface area contributed by atoms with Gasteiger partial charge in [0.2, 0.25) is 0 Å². The number of nitrogens with one attached hydrogen (secondary N) is 3. The molecule has 0 aliphatic carbocycles. The van der Waals surface area contributed by atoms with Crippen LogP contribution >= 0.6 is 0 Å². The van der Waals surface area contributed by atoms with Crippen LogP contribution in [0.5, 0.6) is 11.5 Å². The van der Waals surface area contributed by atoms with Crippen LogP contribution in [0.2, 0.25) is 0 Å². The van der Waals surface area contributed by atoms with Gasteiger partial charge in [0.05, 0.1) is 6.04 Å². The molecule has 2 atom stereocenters. The molecule has 1 aliphatic heterocycles. The number of nitrogens with zero attached hydrogens (tertiary/aromatic N) is 2. The van der Waals surface area contributed by atoms with Crippen molar-refractivity contribution in [2.45, 2.75) is 39.3 Å². The van der Waals surface area contributed by atoms with Crippen LogP contribution in [-0.4, -0.2) is 38.2 Å². The minimum atomic E-state index is -0.853. The Bertz CT molecular complexity index is 2180. The van der Waals surface area contributed by atoms with E-state index in [4.69, 9.17) is 4.74 Å². The minimum Gasteiger partial charge on any atom is -0.457 e. The summed E-state index contributed by atoms with van der Waals surface area (Å²) in [7, 11) is 1.80. The Morgan fingerprint density at radius 2 is 1.60 bits per heavy atom. The third kappa shape index (κ3) is 5.47. The average Bonchev–Trinajstić information content (AvgIpc) is 3.69. The minimum absolute atomic E-state index is 0.0863. The van der Waals surface area contributed by atoms with Gasteiger partial charge in [-0.15, -0.1) is 0 Å². The molecule has 6 aromatic rings. The Morgan fingerprint density at radius 3 is 2.40 bits per heavy atom. The fourth-order valence-electron chi connectivity index (χ4n) is 6.90. The highest BCUT2D eigenvalue weighted by Crippen LogP contribution is 2.44. The van der Waals surface area contributed by atoms with E-state index in [9.17, 15) is 14.4 Å². The van der Waals surface area contributed by atoms with Crippen molar-refractivity contribution < 1.29 is 19.1 Å². The number of benzene rings is 4. The molecule has 3 amide bonds. The number of carbonyl (C=O) groups excluding carboxylic acids is 3. The lowest BCUT2D eigenvalue weighted by atomic mass is 9.93. The number of aromatic nitrogens is 2. The Labute approximate surface area is 278 Å². The highest BCUT2D eigenvalue weighted by Gasteiger charge is 2.45. The van der Waals surface area contributed by atoms with Gasteiger partial charge in [-0.1, -0.05) is 68.4 Å². The summed E-state index contributed by atoms with van der Waals surface area (Å²) in [5.41, 5.74) is 10.8. The van der Waals surface area contributed by atoms with Gasteiger partial charge in [0.15, 0.2) is 0 Å². The smallest absolute Gasteiger partial charge is 0.286 e. The van der Waals surface area contributed by atoms with Crippen LogP contribution in [0, 0.1) is 12.8 Å². The number of amides is 3. The first-order valence-electron chi connectivity index (χ1n) is 16.1. The number of fused-ring (bicyclic) bond motifs is 3. The number of carbonyl (C=O) groups is 3. The van der Waals surface area contributed by atoms with E-state index < -0.39 is 23.9 Å². The highest BCUT2D eigenvalue weighted by atomic mass is 16.5. The molecule has 0 spiro atoms. The number of rotatable bonds is 8. The van der Waals surface area contributed by atoms with E-state index in [2.05, 4.69) is 15.8 Å². The summed E-state index contributed by atoms with van der Waals surface area (Å²) in [6.45, 7) is 6.03. The standard InChI is InChI=1S/C39H37N5O4/c1-23(2)20-34(44-36(28-14-8-9-15-29(28)39(44)47)35-24(3)40-31-17-11-10-16-30(31)35)38(46)42-41-37(45)33-22-25-21-27(18-19-32(25)43(33)4)48-26-12-6-5-7-13-26/h5-19,21-23,34,36,40H,20H2,1-4H3,(H,41,45)(H,42,46). The molecule has 7 rings (SSSR count). The van der Waals surface area contributed by atoms with Gasteiger partial charge in [-0.25, -0.2) is 0 Å². The molecule has 1 aliphatic rings. The molecule has 2 unspecified atom stereocenters. The second-order valence-electron chi connectivity index (χ2n) is 12.7. The Kier molecular flexibility index (Phi) is 7.96. The molecular formula is C39H37N5O4. The molecule has 3 heterocycles. The van der Waals surface area contributed by atoms with Crippen LogP contribution in [-0.2, 0) is 11.8 Å². The van der Waals surface area contributed by atoms with Crippen molar-refractivity contribution in [3.63, 3.8) is 0 Å². The molecule has 9 nitrogen and oxygen atoms in total. The number of hydrogen-bond donors (Lipinski definition) is 3. The summed E-state index contributed by atoms with van der Waals surface area (Å²) in [5.74, 6) is 0.296. The molecule has 3 N–H and O–H groups in total. The third-order valence-electron chi connectivity index (χ3n) is 9.07. The van der Waals surface area contributed by atoms with Gasteiger partial charge in [-0.05, 0) is 73.4 Å². The summed E-state index contributed by atoms with van der Waals surface area (Å²) in [4.78, 5) is 46.9. The molecule has 0 saturated carbocycles. The van der Waals surface area contributed by atoms with Crippen LogP contribution in [0.25, 0.3) is 21.8 Å². The molecule has 0 fully saturated rings. The number of H-pyrrole nitrogens is 1. The quantitative estimate of drug-likeness (QED) is 0.153. The lowest BCUT2D eigenvalue weighted by Gasteiger charge is -2.34. The van der Waals surface area contributed by atoms with Gasteiger partial charge in [0, 0.05) is 45.7 Å². The zero-order valence-corrected chi connectivity index (χ0v) is 27.3. The van der Waals surface area contributed by atoms with E-state index in [1.807, 2.05) is 118 Å². The Morgan fingerprint density at radius 1 is 0.875 bits per heavy atom. The van der Waals surface area contributed by atoms with Gasteiger partial charge in [0.25, 0.3) is 17.7 Å². The van der Waals surface area contributed by atoms with Crippen molar-refractivity contribution in [2.24, 2.45) is 13.0 Å². The van der Waals surface area contributed by atoms with Crippen molar-refractivity contribution in [1.82, 2.24) is 25.3 Å². The summed E-state index contributed by atoms with van der Waals surface area (Å²) in [6, 6.07) is 31.1. The molecule has 0 saturated heterocycles. The summed E-state index contributed by atoms with van der Waals surface area (Å²) in [5, 5.41) is 1.82. The monoisotopic (exact) mass is 639 g/mol. The third-order valence-corrected chi connectivity index (χ3v) is 9.07. The van der Waals surface area contributed by atoms with Gasteiger partial charge >= 0.3 is 0 Å². The molecular weight excluding hydrogens is 602 g/mol. The van der Waals surface area contributed by atoms with E-state index in [1.165, 1.54) is 0 Å². The van der Waals surface area contributed by atoms with Gasteiger partial charge < -0.3 is 19.2 Å². The second-order valence-corrected chi connectivity index (χ2v) is 12.7. The van der Waals surface area contributed by atoms with Crippen LogP contribution in [0.15, 0.2) is 103 Å². The summed E-state index contributed by atoms with van der Waals surface area (Å²) in [6.07, 6.45) is 0.400. The molecule has 242 valence electrons. The van der Waals surface area contributed by atoms with E-state index in [1.54, 1.807) is 22.6 Å². The molecule has 0 radical (unpaired) electrons. The van der Waals surface area contributed by atoms with Gasteiger partial charge in [0.1, 0.15) is 23.2 Å². The first-order valence-corrected chi connectivity index (χ1v) is 16.1. The summed E-state index contributed by atoms with van der Waals surface area (Å²) < 4.78 is 7.75. The van der Waals surface area contributed by atoms with Gasteiger partial charge in [-0.3, -0.25) is 25.2 Å². The fraction of sp³-hybridized carbons (Fsp3) is 0.205. The van der Waals surface area contributed by atoms with Gasteiger partial charge in [-0.2, -0.15) is 0 Å². The zero-order chi connectivity index (χ0) is 33.5. The predicted octanol–water partition coefficient (Wildman–Crippen LogP) is 7.18. The second kappa shape index (κ2) is 12.4. The lowest BCUT2D eigenvalue weighted by Crippen LogP contribution is -2.54. The zero-order valence-electron chi connectivity index (χ0n) is 27.3. The van der Waals surface area contributed by atoms with Crippen molar-refractivity contribution in [1.29, 1.82) is 0 Å². The maximum atomic E-state index is 14.2. The van der Waals surface area contributed by atoms with Crippen LogP contribution in [0.1, 0.15) is 64.0 Å². The first-order chi connectivity index (χ1) is 23.2. The number of hydrogen-bond acceptors (Lipinski definition) is 4. The number of hydrazine groups is 1. The van der Waals surface area contributed by atoms with Crippen LogP contribution in [0.3, 0.4) is 0 Å². The number of aryl methyl sites for hydroxylation is 2. The van der Waals surface area contributed by atoms with Crippen molar-refractivity contribution in [3.05, 3.63) is 131 Å². The van der Waals surface area contributed by atoms with Crippen LogP contribution in [0.4, 0.5) is 0 Å². The normalized spacial score (nSPS) is 14.8. The van der Waals surface area contributed by atoms with Crippen molar-refractivity contribution in [2.75, 3.05) is 0 Å². The molecule has 2 aromatic heterocycles. The Balaban J connectivity index is 1.16. The topological polar surface area (TPSA) is 108 Å². The molecule has 0 bridgehead atoms. The average molecular weight is 640 g/mol. The Hall–Kier alpha value is -5.83. The predicted molar refractivity (Wildman–Crippen MR) is 186 cm³/mol. The van der Waals surface area contributed by atoms with Crippen molar-refractivity contribution >= 4 is 39.5 Å². The van der Waals surface area contributed by atoms with Crippen molar-refractivity contribution in [3.8, 4) is 11.5 Å². The molecule has 48 heavy (non-hydrogen) atoms. The van der Waals surface area contributed by atoms with E-state index >= 15 is 0 Å². The molecule has 9 heteroatoms. The molecule has 4 aromatic carbocycles. The highest BCUT2D eigenvalue weighted by molar-refractivity contribution is 6.04. The number of ether oxygens (including phenoxy) is 1. The lowest BCUT2D eigenvalue weighted by molar-refractivity contribution is -0.127. The maximum absolute atomic E-state index is 14.2. The van der Waals surface area contributed by atoms with E-state index in [0.717, 1.165) is 38.6 Å². The number of aromatic amines is 1. The fourth-order valence-corrected chi connectivity index (χ4v) is 6.90. The maximum Gasteiger partial charge on any atom is 0.286 e.